The van der Waals surface area contributed by atoms with E-state index in [1.54, 1.807) is 36.4 Å². The molecular weight excluding hydrogens is 244 g/mol. The number of carbonyl (C=O) groups excluding carboxylic acids is 1. The van der Waals surface area contributed by atoms with Gasteiger partial charge in [-0.2, -0.15) is 5.26 Å². The summed E-state index contributed by atoms with van der Waals surface area (Å²) < 4.78 is 10.7. The summed E-state index contributed by atoms with van der Waals surface area (Å²) >= 11 is 0. The Morgan fingerprint density at radius 3 is 2.79 bits per heavy atom. The first-order valence-corrected chi connectivity index (χ1v) is 5.45. The third-order valence-corrected chi connectivity index (χ3v) is 2.38. The second-order valence-corrected chi connectivity index (χ2v) is 3.60. The molecule has 0 fully saturated rings. The molecule has 1 aromatic heterocycles. The average molecular weight is 254 g/mol. The van der Waals surface area contributed by atoms with Crippen molar-refractivity contribution in [2.75, 3.05) is 7.11 Å². The zero-order chi connectivity index (χ0) is 13.7. The van der Waals surface area contributed by atoms with E-state index in [4.69, 9.17) is 14.7 Å². The van der Waals surface area contributed by atoms with E-state index in [-0.39, 0.29) is 11.6 Å². The minimum atomic E-state index is 0.265. The third kappa shape index (κ3) is 2.87. The minimum Gasteiger partial charge on any atom is -0.493 e. The topological polar surface area (TPSA) is 72.2 Å². The van der Waals surface area contributed by atoms with Crippen LogP contribution in [0.5, 0.6) is 17.4 Å². The molecule has 5 heteroatoms. The van der Waals surface area contributed by atoms with E-state index in [1.807, 2.05) is 6.07 Å². The number of rotatable bonds is 4. The zero-order valence-corrected chi connectivity index (χ0v) is 10.2. The molecule has 2 aromatic rings. The summed E-state index contributed by atoms with van der Waals surface area (Å²) in [6.45, 7) is 0. The summed E-state index contributed by atoms with van der Waals surface area (Å²) in [7, 11) is 1.48. The highest BCUT2D eigenvalue weighted by Gasteiger charge is 2.08. The molecule has 1 aromatic carbocycles. The van der Waals surface area contributed by atoms with Crippen LogP contribution in [0.3, 0.4) is 0 Å². The lowest BCUT2D eigenvalue weighted by atomic mass is 10.2. The van der Waals surface area contributed by atoms with E-state index in [1.165, 1.54) is 7.11 Å². The van der Waals surface area contributed by atoms with Crippen LogP contribution in [0.15, 0.2) is 36.4 Å². The maximum absolute atomic E-state index is 10.7. The quantitative estimate of drug-likeness (QED) is 0.784. The summed E-state index contributed by atoms with van der Waals surface area (Å²) in [5, 5.41) is 8.77. The van der Waals surface area contributed by atoms with Gasteiger partial charge in [0.2, 0.25) is 5.88 Å². The molecular formula is C14H10N2O3. The fraction of sp³-hybridized carbons (Fsp3) is 0.0714. The van der Waals surface area contributed by atoms with Gasteiger partial charge in [0.05, 0.1) is 7.11 Å². The van der Waals surface area contributed by atoms with Crippen LogP contribution in [0.1, 0.15) is 16.1 Å². The van der Waals surface area contributed by atoms with Crippen molar-refractivity contribution >= 4 is 6.29 Å². The second kappa shape index (κ2) is 5.65. The Labute approximate surface area is 110 Å². The Kier molecular flexibility index (Phi) is 3.74. The van der Waals surface area contributed by atoms with Crippen molar-refractivity contribution in [3.05, 3.63) is 47.7 Å². The highest BCUT2D eigenvalue weighted by atomic mass is 16.5. The number of aldehydes is 1. The van der Waals surface area contributed by atoms with Gasteiger partial charge in [0.15, 0.2) is 11.5 Å². The Morgan fingerprint density at radius 1 is 1.26 bits per heavy atom. The van der Waals surface area contributed by atoms with Crippen LogP contribution in [0.4, 0.5) is 0 Å². The Hall–Kier alpha value is -2.87. The predicted octanol–water partition coefficient (Wildman–Crippen LogP) is 2.57. The van der Waals surface area contributed by atoms with Gasteiger partial charge in [0.1, 0.15) is 18.0 Å². The zero-order valence-electron chi connectivity index (χ0n) is 10.2. The molecule has 2 rings (SSSR count). The highest BCUT2D eigenvalue weighted by Crippen LogP contribution is 2.31. The largest absolute Gasteiger partial charge is 0.493 e. The van der Waals surface area contributed by atoms with Crippen molar-refractivity contribution in [2.45, 2.75) is 0 Å². The van der Waals surface area contributed by atoms with E-state index in [9.17, 15) is 4.79 Å². The van der Waals surface area contributed by atoms with Crippen molar-refractivity contribution in [1.82, 2.24) is 4.98 Å². The van der Waals surface area contributed by atoms with Crippen molar-refractivity contribution < 1.29 is 14.3 Å². The number of hydrogen-bond acceptors (Lipinski definition) is 5. The van der Waals surface area contributed by atoms with Gasteiger partial charge in [0, 0.05) is 11.6 Å². The number of ether oxygens (including phenoxy) is 2. The summed E-state index contributed by atoms with van der Waals surface area (Å²) in [5.41, 5.74) is 0.754. The lowest BCUT2D eigenvalue weighted by molar-refractivity contribution is 0.112. The summed E-state index contributed by atoms with van der Waals surface area (Å²) in [4.78, 5) is 14.7. The monoisotopic (exact) mass is 254 g/mol. The third-order valence-electron chi connectivity index (χ3n) is 2.38. The molecule has 0 aliphatic carbocycles. The fourth-order valence-electron chi connectivity index (χ4n) is 1.49. The molecule has 1 heterocycles. The Balaban J connectivity index is 2.32. The Morgan fingerprint density at radius 2 is 2.11 bits per heavy atom. The maximum atomic E-state index is 10.7. The average Bonchev–Trinajstić information content (AvgIpc) is 2.48. The van der Waals surface area contributed by atoms with Crippen molar-refractivity contribution in [3.63, 3.8) is 0 Å². The normalized spacial score (nSPS) is 9.47. The molecule has 0 saturated carbocycles. The van der Waals surface area contributed by atoms with Crippen LogP contribution in [-0.4, -0.2) is 18.4 Å². The summed E-state index contributed by atoms with van der Waals surface area (Å²) in [5.74, 6) is 1.14. The van der Waals surface area contributed by atoms with Gasteiger partial charge in [-0.1, -0.05) is 6.07 Å². The second-order valence-electron chi connectivity index (χ2n) is 3.60. The van der Waals surface area contributed by atoms with Gasteiger partial charge < -0.3 is 9.47 Å². The van der Waals surface area contributed by atoms with Crippen LogP contribution in [0.2, 0.25) is 0 Å². The lowest BCUT2D eigenvalue weighted by Gasteiger charge is -2.09. The van der Waals surface area contributed by atoms with Crippen molar-refractivity contribution in [1.29, 1.82) is 5.26 Å². The maximum Gasteiger partial charge on any atom is 0.220 e. The minimum absolute atomic E-state index is 0.265. The van der Waals surface area contributed by atoms with E-state index in [0.29, 0.717) is 17.1 Å². The predicted molar refractivity (Wildman–Crippen MR) is 67.4 cm³/mol. The molecule has 0 aliphatic rings. The smallest absolute Gasteiger partial charge is 0.220 e. The molecule has 0 spiro atoms. The fourth-order valence-corrected chi connectivity index (χ4v) is 1.49. The molecule has 0 atom stereocenters. The van der Waals surface area contributed by atoms with Gasteiger partial charge in [-0.3, -0.25) is 4.79 Å². The number of hydrogen-bond donors (Lipinski definition) is 0. The van der Waals surface area contributed by atoms with Crippen LogP contribution < -0.4 is 9.47 Å². The number of carbonyl (C=O) groups is 1. The molecule has 0 saturated heterocycles. The van der Waals surface area contributed by atoms with Crippen LogP contribution in [-0.2, 0) is 0 Å². The lowest BCUT2D eigenvalue weighted by Crippen LogP contribution is -1.94. The number of methoxy groups -OCH3 is 1. The first-order valence-electron chi connectivity index (χ1n) is 5.45. The molecule has 0 radical (unpaired) electrons. The molecule has 0 bridgehead atoms. The molecule has 0 amide bonds. The van der Waals surface area contributed by atoms with E-state index >= 15 is 0 Å². The summed E-state index contributed by atoms with van der Waals surface area (Å²) in [6.07, 6.45) is 0.723. The van der Waals surface area contributed by atoms with Crippen molar-refractivity contribution in [2.24, 2.45) is 0 Å². The number of nitrogens with zero attached hydrogens (tertiary/aromatic N) is 2. The van der Waals surface area contributed by atoms with E-state index in [2.05, 4.69) is 4.98 Å². The highest BCUT2D eigenvalue weighted by molar-refractivity contribution is 5.76. The molecule has 0 aliphatic heterocycles. The first-order chi connectivity index (χ1) is 9.26. The van der Waals surface area contributed by atoms with E-state index < -0.39 is 0 Å². The van der Waals surface area contributed by atoms with Crippen LogP contribution in [0.25, 0.3) is 0 Å². The van der Waals surface area contributed by atoms with Gasteiger partial charge in [-0.15, -0.1) is 0 Å². The molecule has 19 heavy (non-hydrogen) atoms. The van der Waals surface area contributed by atoms with Gasteiger partial charge in [-0.25, -0.2) is 4.98 Å². The number of aromatic nitrogens is 1. The number of benzene rings is 1. The first kappa shape index (κ1) is 12.6. The van der Waals surface area contributed by atoms with Gasteiger partial charge in [0.25, 0.3) is 0 Å². The van der Waals surface area contributed by atoms with E-state index in [0.717, 1.165) is 6.29 Å². The number of pyridine rings is 1. The van der Waals surface area contributed by atoms with Crippen molar-refractivity contribution in [3.8, 4) is 23.4 Å². The van der Waals surface area contributed by atoms with Gasteiger partial charge in [-0.05, 0) is 24.3 Å². The molecule has 0 unspecified atom stereocenters. The van der Waals surface area contributed by atoms with Crippen LogP contribution in [0, 0.1) is 11.3 Å². The molecule has 0 N–H and O–H groups in total. The summed E-state index contributed by atoms with van der Waals surface area (Å²) in [6, 6.07) is 11.6. The standard InChI is InChI=1S/C14H10N2O3/c1-18-13-7-10(9-17)5-6-12(13)19-14-4-2-3-11(8-15)16-14/h2-7,9H,1H3. The Bertz CT molecular complexity index is 647. The SMILES string of the molecule is COc1cc(C=O)ccc1Oc1cccc(C#N)n1. The number of nitriles is 1. The molecule has 5 nitrogen and oxygen atoms in total. The van der Waals surface area contributed by atoms with Crippen LogP contribution >= 0.6 is 0 Å². The van der Waals surface area contributed by atoms with Gasteiger partial charge >= 0.3 is 0 Å². The molecule has 94 valence electrons.